The van der Waals surface area contributed by atoms with Crippen LogP contribution in [-0.4, -0.2) is 31.1 Å². The second-order valence-corrected chi connectivity index (χ2v) is 5.38. The quantitative estimate of drug-likeness (QED) is 0.888. The minimum atomic E-state index is -4.37. The summed E-state index contributed by atoms with van der Waals surface area (Å²) < 4.78 is 39.6. The zero-order valence-electron chi connectivity index (χ0n) is 11.7. The van der Waals surface area contributed by atoms with Gasteiger partial charge in [0.15, 0.2) is 0 Å². The number of rotatable bonds is 3. The molecule has 1 atom stereocenters. The van der Waals surface area contributed by atoms with Crippen molar-refractivity contribution in [2.75, 3.05) is 26.2 Å². The van der Waals surface area contributed by atoms with Gasteiger partial charge in [0.1, 0.15) is 0 Å². The number of alkyl halides is 3. The average Bonchev–Trinajstić information content (AvgIpc) is 2.41. The Morgan fingerprint density at radius 2 is 1.90 bits per heavy atom. The van der Waals surface area contributed by atoms with Crippen LogP contribution in [0.25, 0.3) is 0 Å². The molecule has 1 fully saturated rings. The number of piperazine rings is 1. The maximum absolute atomic E-state index is 13.2. The van der Waals surface area contributed by atoms with E-state index in [1.807, 2.05) is 6.92 Å². The third-order valence-electron chi connectivity index (χ3n) is 3.66. The fraction of sp³-hybridized carbons (Fsp3) is 0.571. The van der Waals surface area contributed by atoms with Crippen LogP contribution in [0, 0.1) is 0 Å². The summed E-state index contributed by atoms with van der Waals surface area (Å²) in [7, 11) is 0. The molecule has 0 spiro atoms. The Labute approximate surface area is 134 Å². The summed E-state index contributed by atoms with van der Waals surface area (Å²) in [6, 6.07) is 3.87. The first-order valence-corrected chi connectivity index (χ1v) is 7.12. The lowest BCUT2D eigenvalue weighted by molar-refractivity contribution is -0.138. The topological polar surface area (TPSA) is 15.3 Å². The molecule has 21 heavy (non-hydrogen) atoms. The highest BCUT2D eigenvalue weighted by molar-refractivity contribution is 6.30. The zero-order valence-corrected chi connectivity index (χ0v) is 13.3. The molecule has 0 aliphatic carbocycles. The highest BCUT2D eigenvalue weighted by atomic mass is 35.5. The molecule has 0 saturated carbocycles. The molecule has 1 aliphatic heterocycles. The lowest BCUT2D eigenvalue weighted by Gasteiger charge is -2.35. The van der Waals surface area contributed by atoms with Crippen molar-refractivity contribution in [2.24, 2.45) is 0 Å². The van der Waals surface area contributed by atoms with E-state index in [2.05, 4.69) is 10.2 Å². The smallest absolute Gasteiger partial charge is 0.314 e. The van der Waals surface area contributed by atoms with E-state index in [4.69, 9.17) is 11.6 Å². The minimum Gasteiger partial charge on any atom is -0.314 e. The Bertz CT molecular complexity index is 460. The third kappa shape index (κ3) is 4.49. The van der Waals surface area contributed by atoms with Crippen LogP contribution in [0.15, 0.2) is 18.2 Å². The second-order valence-electron chi connectivity index (χ2n) is 4.94. The molecule has 7 heteroatoms. The zero-order chi connectivity index (χ0) is 14.8. The van der Waals surface area contributed by atoms with Crippen molar-refractivity contribution >= 4 is 24.0 Å². The Hall–Kier alpha value is -0.490. The van der Waals surface area contributed by atoms with E-state index in [0.29, 0.717) is 12.0 Å². The van der Waals surface area contributed by atoms with Crippen LogP contribution in [0.5, 0.6) is 0 Å². The molecular weight excluding hydrogens is 324 g/mol. The predicted octanol–water partition coefficient (Wildman–Crippen LogP) is 4.14. The highest BCUT2D eigenvalue weighted by Gasteiger charge is 2.36. The van der Waals surface area contributed by atoms with Gasteiger partial charge in [-0.15, -0.1) is 12.4 Å². The molecule has 0 unspecified atom stereocenters. The maximum Gasteiger partial charge on any atom is 0.416 e. The van der Waals surface area contributed by atoms with Gasteiger partial charge in [-0.05, 0) is 24.1 Å². The first kappa shape index (κ1) is 18.6. The number of benzene rings is 1. The normalized spacial score (nSPS) is 18.1. The average molecular weight is 343 g/mol. The standard InChI is InChI=1S/C14H18ClF3N2.ClH/c1-2-13(20-7-5-19-6-8-20)11-4-3-10(15)9-12(11)14(16,17)18;/h3-4,9,13,19H,2,5-8H2,1H3;1H/t13-;/m0./s1. The number of hydrogen-bond acceptors (Lipinski definition) is 2. The minimum absolute atomic E-state index is 0. The second kappa shape index (κ2) is 7.68. The van der Waals surface area contributed by atoms with E-state index in [1.165, 1.54) is 12.1 Å². The van der Waals surface area contributed by atoms with Crippen LogP contribution >= 0.6 is 24.0 Å². The van der Waals surface area contributed by atoms with Gasteiger partial charge in [-0.25, -0.2) is 0 Å². The summed E-state index contributed by atoms with van der Waals surface area (Å²) in [6.07, 6.45) is -3.73. The number of hydrogen-bond donors (Lipinski definition) is 1. The monoisotopic (exact) mass is 342 g/mol. The van der Waals surface area contributed by atoms with E-state index in [-0.39, 0.29) is 23.5 Å². The first-order chi connectivity index (χ1) is 9.43. The van der Waals surface area contributed by atoms with Gasteiger partial charge in [-0.2, -0.15) is 13.2 Å². The summed E-state index contributed by atoms with van der Waals surface area (Å²) in [5, 5.41) is 3.34. The summed E-state index contributed by atoms with van der Waals surface area (Å²) in [5.74, 6) is 0. The molecule has 1 aromatic carbocycles. The van der Waals surface area contributed by atoms with Gasteiger partial charge in [0.25, 0.3) is 0 Å². The Morgan fingerprint density at radius 1 is 1.29 bits per heavy atom. The van der Waals surface area contributed by atoms with Crippen LogP contribution in [0.3, 0.4) is 0 Å². The van der Waals surface area contributed by atoms with E-state index in [0.717, 1.165) is 32.2 Å². The third-order valence-corrected chi connectivity index (χ3v) is 3.89. The molecule has 0 aromatic heterocycles. The molecule has 0 radical (unpaired) electrons. The van der Waals surface area contributed by atoms with Crippen molar-refractivity contribution in [2.45, 2.75) is 25.6 Å². The van der Waals surface area contributed by atoms with Crippen molar-refractivity contribution < 1.29 is 13.2 Å². The number of nitrogens with one attached hydrogen (secondary N) is 1. The largest absolute Gasteiger partial charge is 0.416 e. The number of nitrogens with zero attached hydrogens (tertiary/aromatic N) is 1. The van der Waals surface area contributed by atoms with Crippen molar-refractivity contribution in [3.05, 3.63) is 34.3 Å². The molecule has 120 valence electrons. The Balaban J connectivity index is 0.00000220. The van der Waals surface area contributed by atoms with Crippen LogP contribution in [-0.2, 0) is 6.18 Å². The van der Waals surface area contributed by atoms with Gasteiger partial charge in [0, 0.05) is 37.2 Å². The molecule has 1 heterocycles. The SMILES string of the molecule is CC[C@@H](c1ccc(Cl)cc1C(F)(F)F)N1CCNCC1.Cl. The summed E-state index contributed by atoms with van der Waals surface area (Å²) in [4.78, 5) is 2.11. The van der Waals surface area contributed by atoms with Crippen LogP contribution in [0.1, 0.15) is 30.5 Å². The molecule has 0 amide bonds. The molecule has 1 aromatic rings. The van der Waals surface area contributed by atoms with Gasteiger partial charge < -0.3 is 5.32 Å². The number of halogens is 5. The summed E-state index contributed by atoms with van der Waals surface area (Å²) in [6.45, 7) is 5.06. The van der Waals surface area contributed by atoms with Crippen molar-refractivity contribution in [1.82, 2.24) is 10.2 Å². The summed E-state index contributed by atoms with van der Waals surface area (Å²) >= 11 is 5.73. The van der Waals surface area contributed by atoms with Gasteiger partial charge in [-0.1, -0.05) is 24.6 Å². The highest BCUT2D eigenvalue weighted by Crippen LogP contribution is 2.38. The summed E-state index contributed by atoms with van der Waals surface area (Å²) in [5.41, 5.74) is -0.290. The predicted molar refractivity (Wildman–Crippen MR) is 81.2 cm³/mol. The molecular formula is C14H19Cl2F3N2. The molecule has 0 bridgehead atoms. The Kier molecular flexibility index (Phi) is 6.78. The van der Waals surface area contributed by atoms with E-state index in [9.17, 15) is 13.2 Å². The van der Waals surface area contributed by atoms with Gasteiger partial charge >= 0.3 is 6.18 Å². The molecule has 1 N–H and O–H groups in total. The molecule has 1 saturated heterocycles. The van der Waals surface area contributed by atoms with Crippen LogP contribution in [0.2, 0.25) is 5.02 Å². The van der Waals surface area contributed by atoms with E-state index >= 15 is 0 Å². The van der Waals surface area contributed by atoms with Crippen molar-refractivity contribution in [3.8, 4) is 0 Å². The lowest BCUT2D eigenvalue weighted by atomic mass is 9.96. The Morgan fingerprint density at radius 3 is 2.43 bits per heavy atom. The maximum atomic E-state index is 13.2. The van der Waals surface area contributed by atoms with E-state index in [1.54, 1.807) is 0 Å². The van der Waals surface area contributed by atoms with Gasteiger partial charge in [0.05, 0.1) is 5.56 Å². The van der Waals surface area contributed by atoms with Crippen molar-refractivity contribution in [3.63, 3.8) is 0 Å². The van der Waals surface area contributed by atoms with Crippen molar-refractivity contribution in [1.29, 1.82) is 0 Å². The first-order valence-electron chi connectivity index (χ1n) is 6.75. The molecule has 2 nitrogen and oxygen atoms in total. The fourth-order valence-corrected chi connectivity index (χ4v) is 2.91. The lowest BCUT2D eigenvalue weighted by Crippen LogP contribution is -2.45. The molecule has 2 rings (SSSR count). The fourth-order valence-electron chi connectivity index (χ4n) is 2.73. The van der Waals surface area contributed by atoms with Crippen LogP contribution in [0.4, 0.5) is 13.2 Å². The van der Waals surface area contributed by atoms with Gasteiger partial charge in [-0.3, -0.25) is 4.90 Å². The van der Waals surface area contributed by atoms with E-state index < -0.39 is 11.7 Å². The van der Waals surface area contributed by atoms with Crippen LogP contribution < -0.4 is 5.32 Å². The molecule has 1 aliphatic rings. The van der Waals surface area contributed by atoms with Gasteiger partial charge in [0.2, 0.25) is 0 Å².